The van der Waals surface area contributed by atoms with Gasteiger partial charge in [0.1, 0.15) is 12.1 Å². The maximum atomic E-state index is 12.9. The lowest BCUT2D eigenvalue weighted by atomic mass is 9.91. The molecule has 0 bridgehead atoms. The molecule has 1 fully saturated rings. The van der Waals surface area contributed by atoms with Gasteiger partial charge in [-0.25, -0.2) is 9.37 Å². The van der Waals surface area contributed by atoms with Gasteiger partial charge in [0.25, 0.3) is 0 Å². The Hall–Kier alpha value is -1.72. The van der Waals surface area contributed by atoms with Crippen LogP contribution in [0.5, 0.6) is 0 Å². The van der Waals surface area contributed by atoms with Gasteiger partial charge in [-0.2, -0.15) is 0 Å². The van der Waals surface area contributed by atoms with Gasteiger partial charge in [0.15, 0.2) is 0 Å². The standard InChI is InChI=1S/C16H19FN2O2/c17-13-6-4-12(5-7-13)16-18-14(11-21-16)10-19(8-9-20)15-2-1-3-15/h4-7,11,15,20H,1-3,8-10H2. The number of benzene rings is 1. The second kappa shape index (κ2) is 6.37. The molecule has 112 valence electrons. The number of aromatic nitrogens is 1. The number of hydrogen-bond donors (Lipinski definition) is 1. The molecule has 21 heavy (non-hydrogen) atoms. The summed E-state index contributed by atoms with van der Waals surface area (Å²) in [5.41, 5.74) is 1.61. The fourth-order valence-electron chi connectivity index (χ4n) is 2.58. The summed E-state index contributed by atoms with van der Waals surface area (Å²) < 4.78 is 18.4. The zero-order valence-corrected chi connectivity index (χ0v) is 11.8. The van der Waals surface area contributed by atoms with Crippen molar-refractivity contribution >= 4 is 0 Å². The number of oxazole rings is 1. The van der Waals surface area contributed by atoms with Crippen molar-refractivity contribution in [1.29, 1.82) is 0 Å². The summed E-state index contributed by atoms with van der Waals surface area (Å²) in [4.78, 5) is 6.71. The van der Waals surface area contributed by atoms with Crippen LogP contribution in [0.3, 0.4) is 0 Å². The molecule has 1 aliphatic rings. The number of aliphatic hydroxyl groups is 1. The summed E-state index contributed by atoms with van der Waals surface area (Å²) in [7, 11) is 0. The summed E-state index contributed by atoms with van der Waals surface area (Å²) in [5.74, 6) is 0.229. The van der Waals surface area contributed by atoms with Crippen LogP contribution >= 0.6 is 0 Å². The molecule has 3 rings (SSSR count). The minimum Gasteiger partial charge on any atom is -0.444 e. The summed E-state index contributed by atoms with van der Waals surface area (Å²) in [6.07, 6.45) is 5.26. The Kier molecular flexibility index (Phi) is 4.31. The molecule has 2 aromatic rings. The number of hydrogen-bond acceptors (Lipinski definition) is 4. The molecule has 0 unspecified atom stereocenters. The van der Waals surface area contributed by atoms with E-state index in [0.29, 0.717) is 25.0 Å². The van der Waals surface area contributed by atoms with Crippen LogP contribution in [0.15, 0.2) is 34.9 Å². The van der Waals surface area contributed by atoms with Crippen molar-refractivity contribution in [1.82, 2.24) is 9.88 Å². The van der Waals surface area contributed by atoms with E-state index in [1.54, 1.807) is 18.4 Å². The minimum atomic E-state index is -0.273. The molecule has 1 saturated carbocycles. The predicted molar refractivity (Wildman–Crippen MR) is 77.0 cm³/mol. The summed E-state index contributed by atoms with van der Waals surface area (Å²) in [6.45, 7) is 1.48. The highest BCUT2D eigenvalue weighted by molar-refractivity contribution is 5.52. The van der Waals surface area contributed by atoms with Crippen LogP contribution in [0.4, 0.5) is 4.39 Å². The lowest BCUT2D eigenvalue weighted by molar-refractivity contribution is 0.0933. The van der Waals surface area contributed by atoms with E-state index in [9.17, 15) is 9.50 Å². The van der Waals surface area contributed by atoms with Crippen LogP contribution in [0.2, 0.25) is 0 Å². The highest BCUT2D eigenvalue weighted by Crippen LogP contribution is 2.26. The van der Waals surface area contributed by atoms with Gasteiger partial charge in [0.2, 0.25) is 5.89 Å². The van der Waals surface area contributed by atoms with E-state index in [4.69, 9.17) is 4.42 Å². The largest absolute Gasteiger partial charge is 0.444 e. The van der Waals surface area contributed by atoms with Gasteiger partial charge in [-0.1, -0.05) is 6.42 Å². The van der Waals surface area contributed by atoms with Gasteiger partial charge >= 0.3 is 0 Å². The molecule has 1 aromatic carbocycles. The molecule has 0 radical (unpaired) electrons. The molecule has 5 heteroatoms. The lowest BCUT2D eigenvalue weighted by Gasteiger charge is -2.36. The zero-order chi connectivity index (χ0) is 14.7. The Bertz CT molecular complexity index is 578. The van der Waals surface area contributed by atoms with Gasteiger partial charge in [0.05, 0.1) is 12.3 Å². The first-order valence-electron chi connectivity index (χ1n) is 7.31. The van der Waals surface area contributed by atoms with E-state index < -0.39 is 0 Å². The zero-order valence-electron chi connectivity index (χ0n) is 11.8. The average molecular weight is 290 g/mol. The maximum Gasteiger partial charge on any atom is 0.226 e. The smallest absolute Gasteiger partial charge is 0.226 e. The van der Waals surface area contributed by atoms with Crippen molar-refractivity contribution < 1.29 is 13.9 Å². The molecule has 1 heterocycles. The summed E-state index contributed by atoms with van der Waals surface area (Å²) in [5, 5.41) is 9.17. The van der Waals surface area contributed by atoms with Crippen LogP contribution in [0, 0.1) is 5.82 Å². The van der Waals surface area contributed by atoms with Gasteiger partial charge in [-0.05, 0) is 37.1 Å². The van der Waals surface area contributed by atoms with Crippen LogP contribution < -0.4 is 0 Å². The Morgan fingerprint density at radius 1 is 1.29 bits per heavy atom. The molecule has 1 aromatic heterocycles. The van der Waals surface area contributed by atoms with Gasteiger partial charge < -0.3 is 9.52 Å². The molecular formula is C16H19FN2O2. The fourth-order valence-corrected chi connectivity index (χ4v) is 2.58. The van der Waals surface area contributed by atoms with E-state index in [-0.39, 0.29) is 12.4 Å². The van der Waals surface area contributed by atoms with Crippen molar-refractivity contribution in [2.75, 3.05) is 13.2 Å². The predicted octanol–water partition coefficient (Wildman–Crippen LogP) is 2.83. The fraction of sp³-hybridized carbons (Fsp3) is 0.438. The quantitative estimate of drug-likeness (QED) is 0.888. The minimum absolute atomic E-state index is 0.152. The first-order valence-corrected chi connectivity index (χ1v) is 7.31. The number of nitrogens with zero attached hydrogens (tertiary/aromatic N) is 2. The van der Waals surface area contributed by atoms with Gasteiger partial charge in [-0.3, -0.25) is 4.90 Å². The molecular weight excluding hydrogens is 271 g/mol. The number of halogens is 1. The molecule has 4 nitrogen and oxygen atoms in total. The third-order valence-corrected chi connectivity index (χ3v) is 3.99. The van der Waals surface area contributed by atoms with Crippen LogP contribution in [-0.4, -0.2) is 34.2 Å². The lowest BCUT2D eigenvalue weighted by Crippen LogP contribution is -2.41. The SMILES string of the molecule is OCCN(Cc1coc(-c2ccc(F)cc2)n1)C1CCC1. The number of rotatable bonds is 6. The summed E-state index contributed by atoms with van der Waals surface area (Å²) in [6, 6.07) is 6.64. The topological polar surface area (TPSA) is 49.5 Å². The van der Waals surface area contributed by atoms with E-state index in [1.165, 1.54) is 31.4 Å². The molecule has 0 saturated heterocycles. The van der Waals surface area contributed by atoms with Crippen LogP contribution in [0.25, 0.3) is 11.5 Å². The van der Waals surface area contributed by atoms with E-state index >= 15 is 0 Å². The van der Waals surface area contributed by atoms with Crippen molar-refractivity contribution in [2.24, 2.45) is 0 Å². The first-order chi connectivity index (χ1) is 10.3. The maximum absolute atomic E-state index is 12.9. The molecule has 0 spiro atoms. The molecule has 0 atom stereocenters. The monoisotopic (exact) mass is 290 g/mol. The van der Waals surface area contributed by atoms with Crippen molar-refractivity contribution in [3.05, 3.63) is 42.0 Å². The normalized spacial score (nSPS) is 15.4. The Morgan fingerprint density at radius 3 is 2.67 bits per heavy atom. The molecule has 1 aliphatic carbocycles. The second-order valence-corrected chi connectivity index (χ2v) is 5.43. The third-order valence-electron chi connectivity index (χ3n) is 3.99. The highest BCUT2D eigenvalue weighted by atomic mass is 19.1. The van der Waals surface area contributed by atoms with Crippen molar-refractivity contribution in [2.45, 2.75) is 31.8 Å². The first kappa shape index (κ1) is 14.2. The van der Waals surface area contributed by atoms with Gasteiger partial charge in [-0.15, -0.1) is 0 Å². The molecule has 0 aliphatic heterocycles. The second-order valence-electron chi connectivity index (χ2n) is 5.43. The Morgan fingerprint density at radius 2 is 2.05 bits per heavy atom. The average Bonchev–Trinajstić information content (AvgIpc) is 2.86. The van der Waals surface area contributed by atoms with Crippen molar-refractivity contribution in [3.8, 4) is 11.5 Å². The van der Waals surface area contributed by atoms with E-state index in [0.717, 1.165) is 11.3 Å². The highest BCUT2D eigenvalue weighted by Gasteiger charge is 2.25. The van der Waals surface area contributed by atoms with Crippen LogP contribution in [0.1, 0.15) is 25.0 Å². The van der Waals surface area contributed by atoms with E-state index in [1.807, 2.05) is 0 Å². The number of aliphatic hydroxyl groups excluding tert-OH is 1. The van der Waals surface area contributed by atoms with E-state index in [2.05, 4.69) is 9.88 Å². The van der Waals surface area contributed by atoms with Crippen LogP contribution in [-0.2, 0) is 6.54 Å². The Labute approximate surface area is 123 Å². The summed E-state index contributed by atoms with van der Waals surface area (Å²) >= 11 is 0. The molecule has 1 N–H and O–H groups in total. The third kappa shape index (κ3) is 3.31. The molecule has 0 amide bonds. The van der Waals surface area contributed by atoms with Gasteiger partial charge in [0, 0.05) is 24.7 Å². The Balaban J connectivity index is 1.70. The van der Waals surface area contributed by atoms with Crippen molar-refractivity contribution in [3.63, 3.8) is 0 Å².